The van der Waals surface area contributed by atoms with Crippen LogP contribution < -0.4 is 15.5 Å². The van der Waals surface area contributed by atoms with Crippen LogP contribution in [-0.4, -0.2) is 25.8 Å². The van der Waals surface area contributed by atoms with E-state index in [4.69, 9.17) is 4.74 Å². The second kappa shape index (κ2) is 7.83. The molecule has 0 atom stereocenters. The number of methoxy groups -OCH3 is 1. The zero-order valence-corrected chi connectivity index (χ0v) is 12.7. The molecule has 0 bridgehead atoms. The number of ether oxygens (including phenoxy) is 1. The lowest BCUT2D eigenvalue weighted by Crippen LogP contribution is -2.26. The molecule has 0 radical (unpaired) electrons. The number of rotatable bonds is 6. The summed E-state index contributed by atoms with van der Waals surface area (Å²) in [6, 6.07) is 15.3. The Morgan fingerprint density at radius 3 is 2.82 bits per heavy atom. The van der Waals surface area contributed by atoms with Gasteiger partial charge in [-0.2, -0.15) is 5.10 Å². The molecule has 2 aromatic carbocycles. The summed E-state index contributed by atoms with van der Waals surface area (Å²) in [5.41, 5.74) is 5.34. The number of benzene rings is 2. The van der Waals surface area contributed by atoms with Gasteiger partial charge < -0.3 is 10.1 Å². The molecule has 5 nitrogen and oxygen atoms in total. The Bertz CT molecular complexity index is 668. The lowest BCUT2D eigenvalue weighted by Gasteiger charge is -2.09. The van der Waals surface area contributed by atoms with Crippen LogP contribution in [0.5, 0.6) is 5.75 Å². The maximum Gasteiger partial charge on any atom is 0.259 e. The Kier molecular flexibility index (Phi) is 5.54. The van der Waals surface area contributed by atoms with Crippen LogP contribution >= 0.6 is 0 Å². The van der Waals surface area contributed by atoms with Crippen LogP contribution in [0.2, 0.25) is 0 Å². The highest BCUT2D eigenvalue weighted by Gasteiger charge is 2.03. The van der Waals surface area contributed by atoms with Gasteiger partial charge in [0.15, 0.2) is 0 Å². The van der Waals surface area contributed by atoms with Gasteiger partial charge in [0.05, 0.1) is 25.6 Å². The third-order valence-electron chi connectivity index (χ3n) is 2.99. The van der Waals surface area contributed by atoms with Crippen molar-refractivity contribution in [3.8, 4) is 5.75 Å². The second-order valence-electron chi connectivity index (χ2n) is 4.76. The number of carbonyl (C=O) groups excluding carboxylic acids is 1. The van der Waals surface area contributed by atoms with Crippen molar-refractivity contribution in [3.63, 3.8) is 0 Å². The third-order valence-corrected chi connectivity index (χ3v) is 2.99. The second-order valence-corrected chi connectivity index (χ2v) is 4.76. The number of para-hydroxylation sites is 2. The van der Waals surface area contributed by atoms with Gasteiger partial charge in [0, 0.05) is 0 Å². The van der Waals surface area contributed by atoms with E-state index in [1.807, 2.05) is 55.5 Å². The van der Waals surface area contributed by atoms with Crippen LogP contribution in [0.4, 0.5) is 5.69 Å². The van der Waals surface area contributed by atoms with Crippen LogP contribution in [0.3, 0.4) is 0 Å². The molecule has 2 N–H and O–H groups in total. The summed E-state index contributed by atoms with van der Waals surface area (Å²) in [4.78, 5) is 11.7. The fourth-order valence-corrected chi connectivity index (χ4v) is 1.93. The van der Waals surface area contributed by atoms with Crippen molar-refractivity contribution in [2.45, 2.75) is 6.92 Å². The number of nitrogens with zero attached hydrogens (tertiary/aromatic N) is 1. The van der Waals surface area contributed by atoms with Gasteiger partial charge in [0.2, 0.25) is 0 Å². The monoisotopic (exact) mass is 297 g/mol. The molecule has 0 heterocycles. The smallest absolute Gasteiger partial charge is 0.259 e. The van der Waals surface area contributed by atoms with E-state index in [0.29, 0.717) is 5.75 Å². The normalized spacial score (nSPS) is 10.5. The summed E-state index contributed by atoms with van der Waals surface area (Å²) < 4.78 is 5.20. The minimum Gasteiger partial charge on any atom is -0.495 e. The van der Waals surface area contributed by atoms with E-state index in [1.165, 1.54) is 0 Å². The molecule has 5 heteroatoms. The zero-order valence-electron chi connectivity index (χ0n) is 12.7. The van der Waals surface area contributed by atoms with Gasteiger partial charge in [-0.05, 0) is 24.6 Å². The molecule has 0 aliphatic heterocycles. The first kappa shape index (κ1) is 15.6. The molecule has 0 fully saturated rings. The molecular formula is C17H19N3O2. The van der Waals surface area contributed by atoms with E-state index >= 15 is 0 Å². The molecule has 0 aliphatic carbocycles. The first-order chi connectivity index (χ1) is 10.7. The van der Waals surface area contributed by atoms with Gasteiger partial charge in [-0.15, -0.1) is 0 Å². The van der Waals surface area contributed by atoms with E-state index in [0.717, 1.165) is 16.8 Å². The molecule has 1 amide bonds. The van der Waals surface area contributed by atoms with Gasteiger partial charge in [-0.1, -0.05) is 42.0 Å². The quantitative estimate of drug-likeness (QED) is 0.636. The lowest BCUT2D eigenvalue weighted by molar-refractivity contribution is -0.119. The largest absolute Gasteiger partial charge is 0.495 e. The average molecular weight is 297 g/mol. The van der Waals surface area contributed by atoms with Crippen LogP contribution in [0.15, 0.2) is 53.6 Å². The summed E-state index contributed by atoms with van der Waals surface area (Å²) in [5, 5.41) is 6.95. The first-order valence-electron chi connectivity index (χ1n) is 6.94. The molecular weight excluding hydrogens is 278 g/mol. The van der Waals surface area contributed by atoms with Gasteiger partial charge in [-0.3, -0.25) is 4.79 Å². The first-order valence-corrected chi connectivity index (χ1v) is 6.94. The van der Waals surface area contributed by atoms with E-state index < -0.39 is 0 Å². The molecule has 22 heavy (non-hydrogen) atoms. The number of carbonyl (C=O) groups is 1. The Morgan fingerprint density at radius 2 is 2.05 bits per heavy atom. The summed E-state index contributed by atoms with van der Waals surface area (Å²) in [6.45, 7) is 2.12. The van der Waals surface area contributed by atoms with Gasteiger partial charge in [0.1, 0.15) is 5.75 Å². The van der Waals surface area contributed by atoms with Gasteiger partial charge in [0.25, 0.3) is 5.91 Å². The van der Waals surface area contributed by atoms with Crippen molar-refractivity contribution >= 4 is 17.8 Å². The maximum atomic E-state index is 11.7. The van der Waals surface area contributed by atoms with E-state index in [2.05, 4.69) is 15.8 Å². The Hall–Kier alpha value is -2.82. The Morgan fingerprint density at radius 1 is 1.23 bits per heavy atom. The summed E-state index contributed by atoms with van der Waals surface area (Å²) >= 11 is 0. The van der Waals surface area contributed by atoms with Crippen LogP contribution in [0.1, 0.15) is 11.1 Å². The lowest BCUT2D eigenvalue weighted by atomic mass is 10.2. The highest BCUT2D eigenvalue weighted by Crippen LogP contribution is 2.22. The van der Waals surface area contributed by atoms with Crippen molar-refractivity contribution in [3.05, 3.63) is 59.7 Å². The maximum absolute atomic E-state index is 11.7. The van der Waals surface area contributed by atoms with Gasteiger partial charge in [-0.25, -0.2) is 5.43 Å². The topological polar surface area (TPSA) is 62.7 Å². The van der Waals surface area contributed by atoms with E-state index in [9.17, 15) is 4.79 Å². The molecule has 2 rings (SSSR count). The fourth-order valence-electron chi connectivity index (χ4n) is 1.93. The van der Waals surface area contributed by atoms with E-state index in [1.54, 1.807) is 13.3 Å². The summed E-state index contributed by atoms with van der Waals surface area (Å²) in [6.07, 6.45) is 1.62. The predicted octanol–water partition coefficient (Wildman–Crippen LogP) is 2.57. The van der Waals surface area contributed by atoms with Crippen molar-refractivity contribution in [2.24, 2.45) is 5.10 Å². The van der Waals surface area contributed by atoms with Crippen LogP contribution in [-0.2, 0) is 4.79 Å². The molecule has 2 aromatic rings. The third kappa shape index (κ3) is 4.63. The van der Waals surface area contributed by atoms with Crippen LogP contribution in [0, 0.1) is 6.92 Å². The standard InChI is InChI=1S/C17H19N3O2/c1-13-6-5-7-14(10-13)11-19-20-17(21)12-18-15-8-3-4-9-16(15)22-2/h3-11,18H,12H2,1-2H3,(H,20,21)/b19-11+. The number of aryl methyl sites for hydroxylation is 1. The predicted molar refractivity (Wildman–Crippen MR) is 88.4 cm³/mol. The molecule has 0 spiro atoms. The Balaban J connectivity index is 1.83. The highest BCUT2D eigenvalue weighted by atomic mass is 16.5. The summed E-state index contributed by atoms with van der Waals surface area (Å²) in [5.74, 6) is 0.466. The molecule has 0 aromatic heterocycles. The number of hydrazone groups is 1. The number of hydrogen-bond acceptors (Lipinski definition) is 4. The van der Waals surface area contributed by atoms with Crippen molar-refractivity contribution < 1.29 is 9.53 Å². The number of nitrogens with one attached hydrogen (secondary N) is 2. The number of hydrogen-bond donors (Lipinski definition) is 2. The van der Waals surface area contributed by atoms with Crippen molar-refractivity contribution in [1.29, 1.82) is 0 Å². The molecule has 0 aliphatic rings. The number of anilines is 1. The minimum absolute atomic E-state index is 0.117. The molecule has 0 saturated heterocycles. The minimum atomic E-state index is -0.227. The molecule has 0 unspecified atom stereocenters. The number of amides is 1. The Labute approximate surface area is 130 Å². The van der Waals surface area contributed by atoms with Crippen molar-refractivity contribution in [1.82, 2.24) is 5.43 Å². The van der Waals surface area contributed by atoms with Gasteiger partial charge >= 0.3 is 0 Å². The average Bonchev–Trinajstić information content (AvgIpc) is 2.53. The van der Waals surface area contributed by atoms with Crippen LogP contribution in [0.25, 0.3) is 0 Å². The SMILES string of the molecule is COc1ccccc1NCC(=O)N/N=C/c1cccc(C)c1. The zero-order chi connectivity index (χ0) is 15.8. The molecule has 114 valence electrons. The van der Waals surface area contributed by atoms with E-state index in [-0.39, 0.29) is 12.5 Å². The fraction of sp³-hybridized carbons (Fsp3) is 0.176. The highest BCUT2D eigenvalue weighted by molar-refractivity contribution is 5.84. The van der Waals surface area contributed by atoms with Crippen molar-refractivity contribution in [2.75, 3.05) is 19.0 Å². The summed E-state index contributed by atoms with van der Waals surface area (Å²) in [7, 11) is 1.59. The molecule has 0 saturated carbocycles.